The number of aliphatic hydroxyl groups excluding tert-OH is 1. The Morgan fingerprint density at radius 3 is 2.80 bits per heavy atom. The van der Waals surface area contributed by atoms with Crippen LogP contribution < -0.4 is 5.32 Å². The minimum Gasteiger partial charge on any atom is -0.396 e. The number of aliphatic hydroxyl groups is 1. The van der Waals surface area contributed by atoms with Gasteiger partial charge in [-0.1, -0.05) is 19.1 Å². The molecule has 2 heteroatoms. The van der Waals surface area contributed by atoms with Gasteiger partial charge in [-0.05, 0) is 43.4 Å². The zero-order chi connectivity index (χ0) is 10.9. The van der Waals surface area contributed by atoms with E-state index in [1.807, 2.05) is 0 Å². The first-order chi connectivity index (χ1) is 7.36. The van der Waals surface area contributed by atoms with Gasteiger partial charge < -0.3 is 10.4 Å². The average Bonchev–Trinajstić information content (AvgIpc) is 2.29. The molecular weight excluding hydrogens is 186 g/mol. The minimum atomic E-state index is 0.311. The van der Waals surface area contributed by atoms with Crippen LogP contribution in [0.1, 0.15) is 31.7 Å². The third-order valence-corrected chi connectivity index (χ3v) is 2.50. The Balaban J connectivity index is 2.24. The normalized spacial score (nSPS) is 10.3. The van der Waals surface area contributed by atoms with Crippen molar-refractivity contribution in [3.05, 3.63) is 29.8 Å². The van der Waals surface area contributed by atoms with Gasteiger partial charge in [0.05, 0.1) is 0 Å². The highest BCUT2D eigenvalue weighted by molar-refractivity contribution is 5.45. The quantitative estimate of drug-likeness (QED) is 0.674. The fourth-order valence-electron chi connectivity index (χ4n) is 1.55. The standard InChI is InChI=1S/C13H21NO/c1-2-12-7-6-8-13(11-12)14-9-4-3-5-10-15/h6-8,11,14-15H,2-5,9-10H2,1H3. The van der Waals surface area contributed by atoms with Gasteiger partial charge in [-0.25, -0.2) is 0 Å². The SMILES string of the molecule is CCc1cccc(NCCCCCO)c1. The Morgan fingerprint density at radius 2 is 2.07 bits per heavy atom. The molecule has 2 nitrogen and oxygen atoms in total. The summed E-state index contributed by atoms with van der Waals surface area (Å²) in [7, 11) is 0. The maximum absolute atomic E-state index is 8.63. The fraction of sp³-hybridized carbons (Fsp3) is 0.538. The van der Waals surface area contributed by atoms with Crippen LogP contribution in [0, 0.1) is 0 Å². The Labute approximate surface area is 92.3 Å². The van der Waals surface area contributed by atoms with Crippen molar-refractivity contribution in [1.82, 2.24) is 0 Å². The van der Waals surface area contributed by atoms with Crippen LogP contribution in [0.3, 0.4) is 0 Å². The van der Waals surface area contributed by atoms with Gasteiger partial charge in [0.2, 0.25) is 0 Å². The molecule has 84 valence electrons. The third-order valence-electron chi connectivity index (χ3n) is 2.50. The molecule has 0 aliphatic heterocycles. The maximum atomic E-state index is 8.63. The van der Waals surface area contributed by atoms with Crippen molar-refractivity contribution < 1.29 is 5.11 Å². The zero-order valence-corrected chi connectivity index (χ0v) is 9.50. The summed E-state index contributed by atoms with van der Waals surface area (Å²) in [5.74, 6) is 0. The smallest absolute Gasteiger partial charge is 0.0431 e. The van der Waals surface area contributed by atoms with E-state index in [0.717, 1.165) is 32.2 Å². The highest BCUT2D eigenvalue weighted by Crippen LogP contribution is 2.11. The van der Waals surface area contributed by atoms with E-state index in [1.54, 1.807) is 0 Å². The van der Waals surface area contributed by atoms with Crippen LogP contribution in [0.5, 0.6) is 0 Å². The van der Waals surface area contributed by atoms with Crippen molar-refractivity contribution in [3.8, 4) is 0 Å². The van der Waals surface area contributed by atoms with E-state index < -0.39 is 0 Å². The Kier molecular flexibility index (Phi) is 5.86. The van der Waals surface area contributed by atoms with E-state index in [0.29, 0.717) is 6.61 Å². The first-order valence-corrected chi connectivity index (χ1v) is 5.80. The molecule has 2 N–H and O–H groups in total. The molecule has 0 aromatic heterocycles. The van der Waals surface area contributed by atoms with Gasteiger partial charge in [0, 0.05) is 18.8 Å². The number of rotatable bonds is 7. The van der Waals surface area contributed by atoms with Gasteiger partial charge in [0.25, 0.3) is 0 Å². The summed E-state index contributed by atoms with van der Waals surface area (Å²) in [6.45, 7) is 3.47. The van der Waals surface area contributed by atoms with Crippen LogP contribution in [0.4, 0.5) is 5.69 Å². The number of benzene rings is 1. The number of anilines is 1. The molecule has 0 saturated heterocycles. The van der Waals surface area contributed by atoms with Gasteiger partial charge in [-0.2, -0.15) is 0 Å². The van der Waals surface area contributed by atoms with Crippen molar-refractivity contribution in [2.24, 2.45) is 0 Å². The predicted molar refractivity (Wildman–Crippen MR) is 65.2 cm³/mol. The molecule has 0 amide bonds. The van der Waals surface area contributed by atoms with Gasteiger partial charge in [0.15, 0.2) is 0 Å². The van der Waals surface area contributed by atoms with Crippen molar-refractivity contribution in [1.29, 1.82) is 0 Å². The number of hydrogen-bond acceptors (Lipinski definition) is 2. The lowest BCUT2D eigenvalue weighted by atomic mass is 10.1. The number of unbranched alkanes of at least 4 members (excludes halogenated alkanes) is 2. The molecule has 1 aromatic rings. The molecule has 0 fully saturated rings. The molecule has 0 aliphatic carbocycles. The van der Waals surface area contributed by atoms with Crippen LogP contribution in [0.2, 0.25) is 0 Å². The van der Waals surface area contributed by atoms with Gasteiger partial charge in [0.1, 0.15) is 0 Å². The van der Waals surface area contributed by atoms with Crippen molar-refractivity contribution in [2.75, 3.05) is 18.5 Å². The molecule has 0 spiro atoms. The molecular formula is C13H21NO. The zero-order valence-electron chi connectivity index (χ0n) is 9.50. The molecule has 0 radical (unpaired) electrons. The largest absolute Gasteiger partial charge is 0.396 e. The predicted octanol–water partition coefficient (Wildman–Crippen LogP) is 2.82. The summed E-state index contributed by atoms with van der Waals surface area (Å²) in [5.41, 5.74) is 2.58. The van der Waals surface area contributed by atoms with Crippen LogP contribution >= 0.6 is 0 Å². The van der Waals surface area contributed by atoms with Crippen LogP contribution in [-0.4, -0.2) is 18.3 Å². The molecule has 0 saturated carbocycles. The fourth-order valence-corrected chi connectivity index (χ4v) is 1.55. The van der Waals surface area contributed by atoms with Crippen LogP contribution in [-0.2, 0) is 6.42 Å². The lowest BCUT2D eigenvalue weighted by Crippen LogP contribution is -2.02. The number of aryl methyl sites for hydroxylation is 1. The Bertz CT molecular complexity index is 273. The molecule has 0 aliphatic rings. The molecule has 15 heavy (non-hydrogen) atoms. The summed E-state index contributed by atoms with van der Waals surface area (Å²) in [6.07, 6.45) is 4.21. The molecule has 1 aromatic carbocycles. The third kappa shape index (κ3) is 4.84. The van der Waals surface area contributed by atoms with Gasteiger partial charge in [-0.15, -0.1) is 0 Å². The first-order valence-electron chi connectivity index (χ1n) is 5.80. The summed E-state index contributed by atoms with van der Waals surface area (Å²) >= 11 is 0. The van der Waals surface area contributed by atoms with E-state index in [1.165, 1.54) is 11.3 Å². The Hall–Kier alpha value is -1.02. The minimum absolute atomic E-state index is 0.311. The van der Waals surface area contributed by atoms with Crippen LogP contribution in [0.15, 0.2) is 24.3 Å². The van der Waals surface area contributed by atoms with Gasteiger partial charge >= 0.3 is 0 Å². The van der Waals surface area contributed by atoms with Gasteiger partial charge in [-0.3, -0.25) is 0 Å². The highest BCUT2D eigenvalue weighted by atomic mass is 16.2. The molecule has 0 unspecified atom stereocenters. The summed E-state index contributed by atoms with van der Waals surface area (Å²) in [4.78, 5) is 0. The molecule has 1 rings (SSSR count). The second-order valence-electron chi connectivity index (χ2n) is 3.76. The molecule has 0 heterocycles. The molecule has 0 atom stereocenters. The van der Waals surface area contributed by atoms with Crippen LogP contribution in [0.25, 0.3) is 0 Å². The topological polar surface area (TPSA) is 32.3 Å². The molecule has 0 bridgehead atoms. The lowest BCUT2D eigenvalue weighted by molar-refractivity contribution is 0.283. The van der Waals surface area contributed by atoms with Crippen molar-refractivity contribution in [3.63, 3.8) is 0 Å². The van der Waals surface area contributed by atoms with E-state index in [4.69, 9.17) is 5.11 Å². The summed E-state index contributed by atoms with van der Waals surface area (Å²) in [6, 6.07) is 8.54. The Morgan fingerprint density at radius 1 is 1.20 bits per heavy atom. The maximum Gasteiger partial charge on any atom is 0.0431 e. The first kappa shape index (κ1) is 12.1. The highest BCUT2D eigenvalue weighted by Gasteiger charge is 1.93. The number of hydrogen-bond donors (Lipinski definition) is 2. The average molecular weight is 207 g/mol. The van der Waals surface area contributed by atoms with E-state index >= 15 is 0 Å². The summed E-state index contributed by atoms with van der Waals surface area (Å²) in [5, 5.41) is 12.0. The monoisotopic (exact) mass is 207 g/mol. The van der Waals surface area contributed by atoms with E-state index in [2.05, 4.69) is 36.5 Å². The van der Waals surface area contributed by atoms with Crippen molar-refractivity contribution >= 4 is 5.69 Å². The second kappa shape index (κ2) is 7.30. The second-order valence-corrected chi connectivity index (χ2v) is 3.76. The lowest BCUT2D eigenvalue weighted by Gasteiger charge is -2.07. The summed E-state index contributed by atoms with van der Waals surface area (Å²) < 4.78 is 0. The number of nitrogens with one attached hydrogen (secondary N) is 1. The van der Waals surface area contributed by atoms with E-state index in [9.17, 15) is 0 Å². The van der Waals surface area contributed by atoms with E-state index in [-0.39, 0.29) is 0 Å². The van der Waals surface area contributed by atoms with Crippen molar-refractivity contribution in [2.45, 2.75) is 32.6 Å².